The molecule has 214 valence electrons. The largest absolute Gasteiger partial charge is 0.495 e. The number of hydrogen-bond acceptors (Lipinski definition) is 6. The summed E-state index contributed by atoms with van der Waals surface area (Å²) in [6.07, 6.45) is 1.64. The van der Waals surface area contributed by atoms with Crippen LogP contribution in [0.25, 0.3) is 6.08 Å². The molecule has 0 aliphatic carbocycles. The van der Waals surface area contributed by atoms with Crippen LogP contribution in [0.15, 0.2) is 114 Å². The number of carbonyl (C=O) groups is 3. The highest BCUT2D eigenvalue weighted by Gasteiger charge is 2.16. The van der Waals surface area contributed by atoms with Crippen molar-refractivity contribution < 1.29 is 19.1 Å². The van der Waals surface area contributed by atoms with Gasteiger partial charge in [0.15, 0.2) is 0 Å². The van der Waals surface area contributed by atoms with Gasteiger partial charge in [-0.3, -0.25) is 14.4 Å². The molecule has 0 aromatic heterocycles. The Kier molecular flexibility index (Phi) is 10.4. The van der Waals surface area contributed by atoms with E-state index in [1.165, 1.54) is 11.8 Å². The molecule has 8 nitrogen and oxygen atoms in total. The minimum Gasteiger partial charge on any atom is -0.495 e. The van der Waals surface area contributed by atoms with Gasteiger partial charge >= 0.3 is 0 Å². The van der Waals surface area contributed by atoms with Gasteiger partial charge in [0.05, 0.1) is 18.6 Å². The Morgan fingerprint density at radius 2 is 1.55 bits per heavy atom. The molecule has 0 bridgehead atoms. The molecule has 3 N–H and O–H groups in total. The van der Waals surface area contributed by atoms with Crippen LogP contribution in [0, 0.1) is 0 Å². The van der Waals surface area contributed by atoms with Gasteiger partial charge in [-0.05, 0) is 66.2 Å². The maximum absolute atomic E-state index is 13.4. The zero-order valence-electron chi connectivity index (χ0n) is 23.6. The lowest BCUT2D eigenvalue weighted by Gasteiger charge is -2.14. The Balaban J connectivity index is 1.46. The molecule has 0 aliphatic rings. The number of hydrogen-bond donors (Lipinski definition) is 3. The summed E-state index contributed by atoms with van der Waals surface area (Å²) in [5.41, 5.74) is 3.42. The Morgan fingerprint density at radius 1 is 0.833 bits per heavy atom. The fourth-order valence-corrected chi connectivity index (χ4v) is 4.68. The first kappa shape index (κ1) is 30.0. The Hall–Kier alpha value is -5.02. The summed E-state index contributed by atoms with van der Waals surface area (Å²) in [6.45, 7) is 0. The quantitative estimate of drug-likeness (QED) is 0.151. The first-order valence-corrected chi connectivity index (χ1v) is 14.1. The monoisotopic (exact) mass is 580 g/mol. The van der Waals surface area contributed by atoms with Crippen LogP contribution in [0.1, 0.15) is 15.9 Å². The van der Waals surface area contributed by atoms with Crippen molar-refractivity contribution in [2.75, 3.05) is 42.5 Å². The molecule has 0 atom stereocenters. The Bertz CT molecular complexity index is 1570. The highest BCUT2D eigenvalue weighted by atomic mass is 32.2. The molecule has 0 saturated heterocycles. The van der Waals surface area contributed by atoms with Crippen LogP contribution in [-0.4, -0.2) is 44.7 Å². The molecular weight excluding hydrogens is 548 g/mol. The van der Waals surface area contributed by atoms with Crippen molar-refractivity contribution in [2.24, 2.45) is 0 Å². The zero-order chi connectivity index (χ0) is 29.9. The van der Waals surface area contributed by atoms with Crippen molar-refractivity contribution in [3.05, 3.63) is 120 Å². The van der Waals surface area contributed by atoms with Gasteiger partial charge in [-0.2, -0.15) is 0 Å². The van der Waals surface area contributed by atoms with Gasteiger partial charge in [-0.15, -0.1) is 11.8 Å². The average molecular weight is 581 g/mol. The second-order valence-corrected chi connectivity index (χ2v) is 10.4. The van der Waals surface area contributed by atoms with Crippen molar-refractivity contribution >= 4 is 52.6 Å². The first-order chi connectivity index (χ1) is 20.3. The second kappa shape index (κ2) is 14.6. The van der Waals surface area contributed by atoms with Crippen molar-refractivity contribution in [1.29, 1.82) is 0 Å². The van der Waals surface area contributed by atoms with Gasteiger partial charge in [0.25, 0.3) is 11.8 Å². The van der Waals surface area contributed by atoms with E-state index in [-0.39, 0.29) is 17.4 Å². The molecule has 3 amide bonds. The standard InChI is InChI=1S/C33H32N4O4S/c1-37(2)26-18-16-23(17-19-26)20-29(36-32(39)24-10-5-4-6-11-24)33(40)34-25-12-9-13-27(21-25)42-22-31(38)35-28-14-7-8-15-30(28)41-3/h4-21H,22H2,1-3H3,(H,34,40)(H,35,38)(H,36,39)/b29-20+. The summed E-state index contributed by atoms with van der Waals surface area (Å²) in [6, 6.07) is 30.7. The number of methoxy groups -OCH3 is 1. The fraction of sp³-hybridized carbons (Fsp3) is 0.121. The van der Waals surface area contributed by atoms with Crippen LogP contribution in [-0.2, 0) is 9.59 Å². The third-order valence-electron chi connectivity index (χ3n) is 6.09. The normalized spacial score (nSPS) is 10.9. The second-order valence-electron chi connectivity index (χ2n) is 9.38. The number of nitrogens with zero attached hydrogens (tertiary/aromatic N) is 1. The minimum absolute atomic E-state index is 0.0932. The molecule has 4 rings (SSSR count). The molecule has 42 heavy (non-hydrogen) atoms. The van der Waals surface area contributed by atoms with Gasteiger partial charge in [-0.25, -0.2) is 0 Å². The number of benzene rings is 4. The molecule has 0 fully saturated rings. The molecule has 0 radical (unpaired) electrons. The lowest BCUT2D eigenvalue weighted by molar-refractivity contribution is -0.114. The summed E-state index contributed by atoms with van der Waals surface area (Å²) in [5, 5.41) is 8.48. The van der Waals surface area contributed by atoms with Crippen molar-refractivity contribution in [3.8, 4) is 5.75 Å². The van der Waals surface area contributed by atoms with E-state index in [4.69, 9.17) is 4.74 Å². The molecule has 0 saturated carbocycles. The van der Waals surface area contributed by atoms with E-state index in [2.05, 4.69) is 16.0 Å². The predicted octanol–water partition coefficient (Wildman–Crippen LogP) is 5.90. The van der Waals surface area contributed by atoms with Crippen LogP contribution in [0.3, 0.4) is 0 Å². The minimum atomic E-state index is -0.480. The van der Waals surface area contributed by atoms with Gasteiger partial charge in [0.1, 0.15) is 11.4 Å². The summed E-state index contributed by atoms with van der Waals surface area (Å²) >= 11 is 1.33. The number of thioether (sulfide) groups is 1. The highest BCUT2D eigenvalue weighted by molar-refractivity contribution is 8.00. The van der Waals surface area contributed by atoms with E-state index in [0.29, 0.717) is 22.7 Å². The molecule has 0 aliphatic heterocycles. The van der Waals surface area contributed by atoms with Gasteiger partial charge < -0.3 is 25.6 Å². The number of rotatable bonds is 11. The SMILES string of the molecule is COc1ccccc1NC(=O)CSc1cccc(NC(=O)/C(=C\c2ccc(N(C)C)cc2)NC(=O)c2ccccc2)c1. The van der Waals surface area contributed by atoms with Gasteiger partial charge in [0.2, 0.25) is 5.91 Å². The molecule has 4 aromatic carbocycles. The summed E-state index contributed by atoms with van der Waals surface area (Å²) in [4.78, 5) is 41.7. The van der Waals surface area contributed by atoms with E-state index in [1.807, 2.05) is 67.5 Å². The third-order valence-corrected chi connectivity index (χ3v) is 7.09. The smallest absolute Gasteiger partial charge is 0.272 e. The van der Waals surface area contributed by atoms with E-state index in [9.17, 15) is 14.4 Å². The highest BCUT2D eigenvalue weighted by Crippen LogP contribution is 2.25. The van der Waals surface area contributed by atoms with E-state index in [1.54, 1.807) is 67.8 Å². The maximum atomic E-state index is 13.4. The molecule has 0 spiro atoms. The molecule has 9 heteroatoms. The van der Waals surface area contributed by atoms with E-state index < -0.39 is 11.8 Å². The predicted molar refractivity (Wildman–Crippen MR) is 170 cm³/mol. The zero-order valence-corrected chi connectivity index (χ0v) is 24.4. The number of para-hydroxylation sites is 2. The molecule has 0 heterocycles. The lowest BCUT2D eigenvalue weighted by Crippen LogP contribution is -2.30. The topological polar surface area (TPSA) is 99.8 Å². The van der Waals surface area contributed by atoms with Crippen LogP contribution in [0.4, 0.5) is 17.1 Å². The van der Waals surface area contributed by atoms with Crippen molar-refractivity contribution in [1.82, 2.24) is 5.32 Å². The number of nitrogens with one attached hydrogen (secondary N) is 3. The van der Waals surface area contributed by atoms with Crippen LogP contribution < -0.4 is 25.6 Å². The Morgan fingerprint density at radius 3 is 2.26 bits per heavy atom. The van der Waals surface area contributed by atoms with Crippen LogP contribution in [0.5, 0.6) is 5.75 Å². The van der Waals surface area contributed by atoms with Crippen molar-refractivity contribution in [2.45, 2.75) is 4.90 Å². The molecular formula is C33H32N4O4S. The number of amides is 3. The first-order valence-electron chi connectivity index (χ1n) is 13.1. The van der Waals surface area contributed by atoms with E-state index >= 15 is 0 Å². The molecule has 0 unspecified atom stereocenters. The summed E-state index contributed by atoms with van der Waals surface area (Å²) < 4.78 is 5.29. The van der Waals surface area contributed by atoms with E-state index in [0.717, 1.165) is 16.1 Å². The van der Waals surface area contributed by atoms with Crippen LogP contribution in [0.2, 0.25) is 0 Å². The Labute approximate surface area is 249 Å². The van der Waals surface area contributed by atoms with Crippen molar-refractivity contribution in [3.63, 3.8) is 0 Å². The van der Waals surface area contributed by atoms with Gasteiger partial charge in [0, 0.05) is 35.9 Å². The maximum Gasteiger partial charge on any atom is 0.272 e. The van der Waals surface area contributed by atoms with Gasteiger partial charge in [-0.1, -0.05) is 48.5 Å². The van der Waals surface area contributed by atoms with Crippen LogP contribution >= 0.6 is 11.8 Å². The fourth-order valence-electron chi connectivity index (χ4n) is 3.92. The third kappa shape index (κ3) is 8.49. The summed E-state index contributed by atoms with van der Waals surface area (Å²) in [7, 11) is 5.44. The number of carbonyl (C=O) groups excluding carboxylic acids is 3. The number of anilines is 3. The lowest BCUT2D eigenvalue weighted by atomic mass is 10.1. The summed E-state index contributed by atoms with van der Waals surface area (Å²) in [5.74, 6) is -0.318. The number of ether oxygens (including phenoxy) is 1. The average Bonchev–Trinajstić information content (AvgIpc) is 3.01. The molecule has 4 aromatic rings.